The molecule has 4 heteroatoms. The summed E-state index contributed by atoms with van der Waals surface area (Å²) in [6.07, 6.45) is 1.59. The van der Waals surface area contributed by atoms with Crippen LogP contribution in [0.15, 0.2) is 24.3 Å². The Hall–Kier alpha value is -1.86. The van der Waals surface area contributed by atoms with E-state index >= 15 is 0 Å². The van der Waals surface area contributed by atoms with Gasteiger partial charge in [-0.05, 0) is 24.0 Å². The summed E-state index contributed by atoms with van der Waals surface area (Å²) in [4.78, 5) is 10.6. The SMILES string of the molecule is N#CC1CCC(NCC(=O)O)c2ccccc21. The van der Waals surface area contributed by atoms with Gasteiger partial charge in [0.2, 0.25) is 0 Å². The minimum absolute atomic E-state index is 0.0454. The summed E-state index contributed by atoms with van der Waals surface area (Å²) in [5, 5.41) is 20.8. The topological polar surface area (TPSA) is 73.1 Å². The van der Waals surface area contributed by atoms with Crippen molar-refractivity contribution in [1.29, 1.82) is 5.26 Å². The molecule has 2 unspecified atom stereocenters. The second-order valence-corrected chi connectivity index (χ2v) is 4.22. The zero-order valence-electron chi connectivity index (χ0n) is 9.39. The molecule has 0 saturated carbocycles. The van der Waals surface area contributed by atoms with E-state index in [4.69, 9.17) is 10.4 Å². The van der Waals surface area contributed by atoms with Crippen molar-refractivity contribution in [3.05, 3.63) is 35.4 Å². The fourth-order valence-corrected chi connectivity index (χ4v) is 2.35. The van der Waals surface area contributed by atoms with E-state index in [-0.39, 0.29) is 18.5 Å². The number of nitriles is 1. The predicted octanol–water partition coefficient (Wildman–Crippen LogP) is 1.80. The minimum Gasteiger partial charge on any atom is -0.480 e. The van der Waals surface area contributed by atoms with Crippen LogP contribution in [0.5, 0.6) is 0 Å². The maximum atomic E-state index is 10.6. The van der Waals surface area contributed by atoms with E-state index in [9.17, 15) is 4.79 Å². The highest BCUT2D eigenvalue weighted by Gasteiger charge is 2.26. The van der Waals surface area contributed by atoms with E-state index in [0.29, 0.717) is 0 Å². The molecule has 1 aliphatic rings. The van der Waals surface area contributed by atoms with Crippen LogP contribution in [0.25, 0.3) is 0 Å². The van der Waals surface area contributed by atoms with Crippen molar-refractivity contribution < 1.29 is 9.90 Å². The van der Waals surface area contributed by atoms with E-state index in [1.165, 1.54) is 0 Å². The van der Waals surface area contributed by atoms with Gasteiger partial charge in [0, 0.05) is 6.04 Å². The number of nitrogens with one attached hydrogen (secondary N) is 1. The number of benzene rings is 1. The molecule has 0 spiro atoms. The monoisotopic (exact) mass is 230 g/mol. The molecule has 2 atom stereocenters. The molecule has 1 aliphatic carbocycles. The van der Waals surface area contributed by atoms with Gasteiger partial charge in [-0.1, -0.05) is 24.3 Å². The molecular formula is C13H14N2O2. The molecule has 0 radical (unpaired) electrons. The lowest BCUT2D eigenvalue weighted by atomic mass is 9.81. The van der Waals surface area contributed by atoms with Crippen LogP contribution in [0.4, 0.5) is 0 Å². The standard InChI is InChI=1S/C13H14N2O2/c14-7-9-5-6-12(15-8-13(16)17)11-4-2-1-3-10(9)11/h1-4,9,12,15H,5-6,8H2,(H,16,17). The Morgan fingerprint density at radius 1 is 1.41 bits per heavy atom. The van der Waals surface area contributed by atoms with E-state index in [2.05, 4.69) is 11.4 Å². The second kappa shape index (κ2) is 4.98. The molecule has 1 aromatic carbocycles. The molecule has 0 saturated heterocycles. The molecule has 2 N–H and O–H groups in total. The minimum atomic E-state index is -0.857. The normalized spacial score (nSPS) is 22.5. The number of carboxylic acid groups (broad SMARTS) is 1. The van der Waals surface area contributed by atoms with E-state index < -0.39 is 5.97 Å². The zero-order chi connectivity index (χ0) is 12.3. The lowest BCUT2D eigenvalue weighted by molar-refractivity contribution is -0.136. The van der Waals surface area contributed by atoms with Crippen LogP contribution in [0.1, 0.15) is 35.9 Å². The van der Waals surface area contributed by atoms with Crippen LogP contribution in [0.3, 0.4) is 0 Å². The summed E-state index contributed by atoms with van der Waals surface area (Å²) in [6.45, 7) is -0.0454. The highest BCUT2D eigenvalue weighted by Crippen LogP contribution is 2.36. The average molecular weight is 230 g/mol. The number of aliphatic carboxylic acids is 1. The molecule has 0 fully saturated rings. The van der Waals surface area contributed by atoms with Crippen molar-refractivity contribution >= 4 is 5.97 Å². The van der Waals surface area contributed by atoms with Crippen molar-refractivity contribution in [2.24, 2.45) is 0 Å². The molecule has 2 rings (SSSR count). The fourth-order valence-electron chi connectivity index (χ4n) is 2.35. The summed E-state index contributed by atoms with van der Waals surface area (Å²) in [5.41, 5.74) is 2.09. The lowest BCUT2D eigenvalue weighted by Crippen LogP contribution is -2.30. The predicted molar refractivity (Wildman–Crippen MR) is 62.4 cm³/mol. The Kier molecular flexibility index (Phi) is 3.40. The van der Waals surface area contributed by atoms with E-state index in [1.54, 1.807) is 0 Å². The number of hydrogen-bond donors (Lipinski definition) is 2. The molecule has 17 heavy (non-hydrogen) atoms. The molecular weight excluding hydrogens is 216 g/mol. The van der Waals surface area contributed by atoms with Crippen molar-refractivity contribution in [3.8, 4) is 6.07 Å². The van der Waals surface area contributed by atoms with Crippen LogP contribution < -0.4 is 5.32 Å². The van der Waals surface area contributed by atoms with Gasteiger partial charge in [-0.15, -0.1) is 0 Å². The third-order valence-corrected chi connectivity index (χ3v) is 3.15. The number of fused-ring (bicyclic) bond motifs is 1. The summed E-state index contributed by atoms with van der Waals surface area (Å²) in [6, 6.07) is 10.1. The smallest absolute Gasteiger partial charge is 0.317 e. The number of carboxylic acids is 1. The summed E-state index contributed by atoms with van der Waals surface area (Å²) < 4.78 is 0. The maximum Gasteiger partial charge on any atom is 0.317 e. The van der Waals surface area contributed by atoms with Gasteiger partial charge in [0.1, 0.15) is 0 Å². The second-order valence-electron chi connectivity index (χ2n) is 4.22. The summed E-state index contributed by atoms with van der Waals surface area (Å²) in [5.74, 6) is -0.918. The van der Waals surface area contributed by atoms with Gasteiger partial charge < -0.3 is 10.4 Å². The average Bonchev–Trinajstić information content (AvgIpc) is 2.35. The fraction of sp³-hybridized carbons (Fsp3) is 0.385. The first kappa shape index (κ1) is 11.6. The Bertz CT molecular complexity index is 465. The lowest BCUT2D eigenvalue weighted by Gasteiger charge is -2.28. The summed E-state index contributed by atoms with van der Waals surface area (Å²) in [7, 11) is 0. The Morgan fingerprint density at radius 3 is 2.76 bits per heavy atom. The van der Waals surface area contributed by atoms with Gasteiger partial charge in [-0.2, -0.15) is 5.26 Å². The third-order valence-electron chi connectivity index (χ3n) is 3.15. The van der Waals surface area contributed by atoms with Gasteiger partial charge in [-0.3, -0.25) is 4.79 Å². The van der Waals surface area contributed by atoms with Gasteiger partial charge in [0.15, 0.2) is 0 Å². The Labute approximate surface area is 99.9 Å². The largest absolute Gasteiger partial charge is 0.480 e. The van der Waals surface area contributed by atoms with Crippen molar-refractivity contribution in [2.75, 3.05) is 6.54 Å². The number of rotatable bonds is 3. The van der Waals surface area contributed by atoms with Gasteiger partial charge in [0.25, 0.3) is 0 Å². The number of hydrogen-bond acceptors (Lipinski definition) is 3. The first-order valence-corrected chi connectivity index (χ1v) is 5.66. The highest BCUT2D eigenvalue weighted by molar-refractivity contribution is 5.69. The number of carbonyl (C=O) groups is 1. The van der Waals surface area contributed by atoms with Crippen molar-refractivity contribution in [2.45, 2.75) is 24.8 Å². The molecule has 4 nitrogen and oxygen atoms in total. The first-order chi connectivity index (χ1) is 8.22. The molecule has 0 aliphatic heterocycles. The number of nitrogens with zero attached hydrogens (tertiary/aromatic N) is 1. The quantitative estimate of drug-likeness (QED) is 0.830. The van der Waals surface area contributed by atoms with Crippen molar-refractivity contribution in [3.63, 3.8) is 0 Å². The van der Waals surface area contributed by atoms with Gasteiger partial charge in [-0.25, -0.2) is 0 Å². The Morgan fingerprint density at radius 2 is 2.12 bits per heavy atom. The maximum absolute atomic E-state index is 10.6. The molecule has 0 amide bonds. The van der Waals surface area contributed by atoms with Crippen LogP contribution in [0, 0.1) is 11.3 Å². The highest BCUT2D eigenvalue weighted by atomic mass is 16.4. The Balaban J connectivity index is 2.22. The summed E-state index contributed by atoms with van der Waals surface area (Å²) >= 11 is 0. The zero-order valence-corrected chi connectivity index (χ0v) is 9.39. The molecule has 88 valence electrons. The van der Waals surface area contributed by atoms with Gasteiger partial charge in [0.05, 0.1) is 18.5 Å². The van der Waals surface area contributed by atoms with E-state index in [1.807, 2.05) is 24.3 Å². The van der Waals surface area contributed by atoms with Crippen LogP contribution in [0.2, 0.25) is 0 Å². The molecule has 0 heterocycles. The van der Waals surface area contributed by atoms with Crippen LogP contribution in [-0.4, -0.2) is 17.6 Å². The van der Waals surface area contributed by atoms with Crippen LogP contribution >= 0.6 is 0 Å². The molecule has 0 bridgehead atoms. The molecule has 1 aromatic rings. The van der Waals surface area contributed by atoms with Crippen LogP contribution in [-0.2, 0) is 4.79 Å². The van der Waals surface area contributed by atoms with E-state index in [0.717, 1.165) is 24.0 Å². The third kappa shape index (κ3) is 2.45. The first-order valence-electron chi connectivity index (χ1n) is 5.66. The van der Waals surface area contributed by atoms with Crippen molar-refractivity contribution in [1.82, 2.24) is 5.32 Å². The van der Waals surface area contributed by atoms with Gasteiger partial charge >= 0.3 is 5.97 Å². The molecule has 0 aromatic heterocycles.